The van der Waals surface area contributed by atoms with Gasteiger partial charge in [-0.15, -0.1) is 11.3 Å². The summed E-state index contributed by atoms with van der Waals surface area (Å²) in [6, 6.07) is 3.44. The van der Waals surface area contributed by atoms with Gasteiger partial charge >= 0.3 is 5.97 Å². The van der Waals surface area contributed by atoms with Crippen molar-refractivity contribution in [3.8, 4) is 0 Å². The molecule has 0 saturated carbocycles. The molecule has 82 valence electrons. The van der Waals surface area contributed by atoms with Gasteiger partial charge in [0.2, 0.25) is 0 Å². The number of thiophene rings is 1. The minimum Gasteiger partial charge on any atom is -0.481 e. The zero-order valence-corrected chi connectivity index (χ0v) is 9.42. The Morgan fingerprint density at radius 1 is 1.53 bits per heavy atom. The summed E-state index contributed by atoms with van der Waals surface area (Å²) in [4.78, 5) is 23.2. The van der Waals surface area contributed by atoms with Crippen LogP contribution in [0, 0.1) is 5.92 Å². The summed E-state index contributed by atoms with van der Waals surface area (Å²) in [5.74, 6) is -2.14. The van der Waals surface area contributed by atoms with Crippen LogP contribution in [0.3, 0.4) is 0 Å². The average molecular weight is 226 g/mol. The number of carboxylic acids is 1. The number of carbonyl (C=O) groups excluding carboxylic acids is 1. The van der Waals surface area contributed by atoms with Crippen LogP contribution in [0.1, 0.15) is 35.9 Å². The Morgan fingerprint density at radius 3 is 2.73 bits per heavy atom. The molecule has 0 fully saturated rings. The van der Waals surface area contributed by atoms with Crippen molar-refractivity contribution in [2.75, 3.05) is 0 Å². The van der Waals surface area contributed by atoms with Gasteiger partial charge in [0.25, 0.3) is 0 Å². The Kier molecular flexibility index (Phi) is 4.49. The monoisotopic (exact) mass is 226 g/mol. The lowest BCUT2D eigenvalue weighted by Gasteiger charge is -2.08. The van der Waals surface area contributed by atoms with Gasteiger partial charge in [-0.2, -0.15) is 0 Å². The van der Waals surface area contributed by atoms with E-state index in [0.717, 1.165) is 12.8 Å². The molecule has 1 aromatic heterocycles. The number of carbonyl (C=O) groups is 2. The quantitative estimate of drug-likeness (QED) is 0.599. The first-order valence-electron chi connectivity index (χ1n) is 4.97. The maximum absolute atomic E-state index is 11.8. The fraction of sp³-hybridized carbons (Fsp3) is 0.455. The number of ketones is 1. The highest BCUT2D eigenvalue weighted by atomic mass is 32.1. The fourth-order valence-corrected chi connectivity index (χ4v) is 2.08. The molecule has 1 N–H and O–H groups in total. The molecule has 0 bridgehead atoms. The van der Waals surface area contributed by atoms with Gasteiger partial charge in [-0.1, -0.05) is 25.8 Å². The maximum Gasteiger partial charge on any atom is 0.314 e. The number of hydrogen-bond donors (Lipinski definition) is 1. The van der Waals surface area contributed by atoms with Crippen LogP contribution in [-0.4, -0.2) is 16.9 Å². The molecular weight excluding hydrogens is 212 g/mol. The molecule has 0 radical (unpaired) electrons. The molecule has 0 aliphatic rings. The molecule has 1 rings (SSSR count). The molecule has 1 aromatic rings. The van der Waals surface area contributed by atoms with Crippen LogP contribution < -0.4 is 0 Å². The SMILES string of the molecule is CCCCC(C(=O)O)C(=O)c1cccs1. The van der Waals surface area contributed by atoms with Gasteiger partial charge < -0.3 is 5.11 Å². The largest absolute Gasteiger partial charge is 0.481 e. The minimum absolute atomic E-state index is 0.258. The third kappa shape index (κ3) is 3.16. The number of Topliss-reactive ketones (excluding diaryl/α,β-unsaturated/α-hetero) is 1. The van der Waals surface area contributed by atoms with Crippen molar-refractivity contribution in [3.63, 3.8) is 0 Å². The van der Waals surface area contributed by atoms with E-state index in [1.807, 2.05) is 6.92 Å². The van der Waals surface area contributed by atoms with E-state index in [9.17, 15) is 9.59 Å². The molecule has 0 saturated heterocycles. The van der Waals surface area contributed by atoms with E-state index in [1.54, 1.807) is 17.5 Å². The summed E-state index contributed by atoms with van der Waals surface area (Å²) in [5, 5.41) is 10.7. The summed E-state index contributed by atoms with van der Waals surface area (Å²) in [5.41, 5.74) is 0. The molecule has 0 aliphatic heterocycles. The predicted molar refractivity (Wildman–Crippen MR) is 59.3 cm³/mol. The van der Waals surface area contributed by atoms with Crippen molar-refractivity contribution in [2.45, 2.75) is 26.2 Å². The number of aliphatic carboxylic acids is 1. The molecule has 1 atom stereocenters. The van der Waals surface area contributed by atoms with Gasteiger partial charge in [0, 0.05) is 0 Å². The molecule has 3 nitrogen and oxygen atoms in total. The van der Waals surface area contributed by atoms with Gasteiger partial charge in [-0.05, 0) is 17.9 Å². The third-order valence-corrected chi connectivity index (χ3v) is 3.11. The van der Waals surface area contributed by atoms with Crippen molar-refractivity contribution in [1.29, 1.82) is 0 Å². The minimum atomic E-state index is -1.01. The van der Waals surface area contributed by atoms with Crippen LogP contribution in [0.15, 0.2) is 17.5 Å². The lowest BCUT2D eigenvalue weighted by molar-refractivity contribution is -0.140. The average Bonchev–Trinajstić information content (AvgIpc) is 2.70. The van der Waals surface area contributed by atoms with Crippen LogP contribution in [0.4, 0.5) is 0 Å². The van der Waals surface area contributed by atoms with Crippen LogP contribution in [0.5, 0.6) is 0 Å². The van der Waals surface area contributed by atoms with Crippen molar-refractivity contribution in [1.82, 2.24) is 0 Å². The van der Waals surface area contributed by atoms with E-state index in [2.05, 4.69) is 0 Å². The van der Waals surface area contributed by atoms with E-state index >= 15 is 0 Å². The third-order valence-electron chi connectivity index (χ3n) is 2.22. The zero-order chi connectivity index (χ0) is 11.3. The van der Waals surface area contributed by atoms with Crippen molar-refractivity contribution in [2.24, 2.45) is 5.92 Å². The van der Waals surface area contributed by atoms with Crippen LogP contribution in [0.2, 0.25) is 0 Å². The number of unbranched alkanes of at least 4 members (excludes halogenated alkanes) is 1. The summed E-state index contributed by atoms with van der Waals surface area (Å²) in [6.07, 6.45) is 2.11. The van der Waals surface area contributed by atoms with Gasteiger partial charge in [0.1, 0.15) is 5.92 Å². The second-order valence-corrected chi connectivity index (χ2v) is 4.32. The Labute approximate surface area is 92.7 Å². The highest BCUT2D eigenvalue weighted by Crippen LogP contribution is 2.19. The van der Waals surface area contributed by atoms with E-state index in [1.165, 1.54) is 11.3 Å². The standard InChI is InChI=1S/C11H14O3S/c1-2-3-5-8(11(13)14)10(12)9-6-4-7-15-9/h4,6-8H,2-3,5H2,1H3,(H,13,14). The second-order valence-electron chi connectivity index (χ2n) is 3.37. The topological polar surface area (TPSA) is 54.4 Å². The predicted octanol–water partition coefficient (Wildman–Crippen LogP) is 2.82. The van der Waals surface area contributed by atoms with Gasteiger partial charge in [0.15, 0.2) is 5.78 Å². The molecule has 1 heterocycles. The highest BCUT2D eigenvalue weighted by Gasteiger charge is 2.26. The maximum atomic E-state index is 11.8. The smallest absolute Gasteiger partial charge is 0.314 e. The summed E-state index contributed by atoms with van der Waals surface area (Å²) in [7, 11) is 0. The number of carboxylic acid groups (broad SMARTS) is 1. The Bertz CT molecular complexity index is 330. The molecule has 0 amide bonds. The molecule has 15 heavy (non-hydrogen) atoms. The molecule has 1 unspecified atom stereocenters. The summed E-state index contributed by atoms with van der Waals surface area (Å²) >= 11 is 1.30. The van der Waals surface area contributed by atoms with E-state index in [-0.39, 0.29) is 5.78 Å². The first-order chi connectivity index (χ1) is 7.16. The van der Waals surface area contributed by atoms with Gasteiger partial charge in [-0.3, -0.25) is 9.59 Å². The van der Waals surface area contributed by atoms with Gasteiger partial charge in [-0.25, -0.2) is 0 Å². The van der Waals surface area contributed by atoms with Crippen molar-refractivity contribution < 1.29 is 14.7 Å². The molecular formula is C11H14O3S. The molecule has 4 heteroatoms. The number of rotatable bonds is 6. The number of hydrogen-bond acceptors (Lipinski definition) is 3. The van der Waals surface area contributed by atoms with E-state index in [0.29, 0.717) is 11.3 Å². The van der Waals surface area contributed by atoms with Crippen LogP contribution >= 0.6 is 11.3 Å². The lowest BCUT2D eigenvalue weighted by atomic mass is 9.97. The van der Waals surface area contributed by atoms with Gasteiger partial charge in [0.05, 0.1) is 4.88 Å². The molecule has 0 spiro atoms. The molecule has 0 aromatic carbocycles. The normalized spacial score (nSPS) is 12.3. The first-order valence-corrected chi connectivity index (χ1v) is 5.85. The van der Waals surface area contributed by atoms with Crippen molar-refractivity contribution in [3.05, 3.63) is 22.4 Å². The van der Waals surface area contributed by atoms with E-state index < -0.39 is 11.9 Å². The fourth-order valence-electron chi connectivity index (χ4n) is 1.37. The summed E-state index contributed by atoms with van der Waals surface area (Å²) in [6.45, 7) is 1.98. The lowest BCUT2D eigenvalue weighted by Crippen LogP contribution is -2.23. The Morgan fingerprint density at radius 2 is 2.27 bits per heavy atom. The summed E-state index contributed by atoms with van der Waals surface area (Å²) < 4.78 is 0. The van der Waals surface area contributed by atoms with Crippen molar-refractivity contribution >= 4 is 23.1 Å². The first kappa shape index (κ1) is 11.9. The van der Waals surface area contributed by atoms with E-state index in [4.69, 9.17) is 5.11 Å². The Balaban J connectivity index is 2.72. The second kappa shape index (κ2) is 5.66. The zero-order valence-electron chi connectivity index (χ0n) is 8.60. The molecule has 0 aliphatic carbocycles. The van der Waals surface area contributed by atoms with Crippen LogP contribution in [0.25, 0.3) is 0 Å². The Hall–Kier alpha value is -1.16. The highest BCUT2D eigenvalue weighted by molar-refractivity contribution is 7.12. The van der Waals surface area contributed by atoms with Crippen LogP contribution in [-0.2, 0) is 4.79 Å².